The van der Waals surface area contributed by atoms with Gasteiger partial charge < -0.3 is 19.8 Å². The fourth-order valence-electron chi connectivity index (χ4n) is 1.50. The average molecular weight is 214 g/mol. The standard InChI is InChI=1S/C11H20O4/c1-2-9(11(14)15)7-5-3-4-6-8-10(12)13/h9H,2-8H2,1H3,(H,12,13)(H,14,15)/p-2. The molecule has 0 saturated heterocycles. The van der Waals surface area contributed by atoms with Crippen LogP contribution in [0.15, 0.2) is 0 Å². The maximum atomic E-state index is 10.5. The monoisotopic (exact) mass is 214 g/mol. The molecule has 0 aromatic carbocycles. The predicted octanol–water partition coefficient (Wildman–Crippen LogP) is -0.147. The average Bonchev–Trinajstić information content (AvgIpc) is 2.15. The van der Waals surface area contributed by atoms with Crippen LogP contribution in [0, 0.1) is 5.92 Å². The van der Waals surface area contributed by atoms with Gasteiger partial charge in [0.2, 0.25) is 0 Å². The van der Waals surface area contributed by atoms with Crippen LogP contribution in [-0.4, -0.2) is 11.9 Å². The van der Waals surface area contributed by atoms with Gasteiger partial charge in [0, 0.05) is 11.9 Å². The van der Waals surface area contributed by atoms with Gasteiger partial charge in [0.1, 0.15) is 0 Å². The summed E-state index contributed by atoms with van der Waals surface area (Å²) >= 11 is 0. The number of hydrogen-bond donors (Lipinski definition) is 0. The maximum absolute atomic E-state index is 10.5. The summed E-state index contributed by atoms with van der Waals surface area (Å²) in [5.74, 6) is -2.35. The highest BCUT2D eigenvalue weighted by molar-refractivity contribution is 5.67. The Hall–Kier alpha value is -1.06. The summed E-state index contributed by atoms with van der Waals surface area (Å²) in [6.45, 7) is 1.83. The van der Waals surface area contributed by atoms with E-state index in [0.717, 1.165) is 19.3 Å². The molecule has 0 amide bonds. The number of carbonyl (C=O) groups is 2. The summed E-state index contributed by atoms with van der Waals surface area (Å²) < 4.78 is 0. The van der Waals surface area contributed by atoms with Crippen molar-refractivity contribution in [3.63, 3.8) is 0 Å². The number of carbonyl (C=O) groups excluding carboxylic acids is 2. The molecule has 0 aliphatic heterocycles. The molecule has 0 aromatic rings. The molecule has 0 heterocycles. The van der Waals surface area contributed by atoms with E-state index in [2.05, 4.69) is 0 Å². The van der Waals surface area contributed by atoms with E-state index in [1.54, 1.807) is 0 Å². The van der Waals surface area contributed by atoms with Gasteiger partial charge >= 0.3 is 0 Å². The molecule has 0 aliphatic carbocycles. The van der Waals surface area contributed by atoms with Gasteiger partial charge in [0.15, 0.2) is 0 Å². The van der Waals surface area contributed by atoms with Crippen LogP contribution in [0.25, 0.3) is 0 Å². The largest absolute Gasteiger partial charge is 0.550 e. The zero-order valence-corrected chi connectivity index (χ0v) is 9.16. The van der Waals surface area contributed by atoms with Crippen LogP contribution in [0.5, 0.6) is 0 Å². The number of carboxylic acids is 2. The van der Waals surface area contributed by atoms with Gasteiger partial charge in [-0.25, -0.2) is 0 Å². The highest BCUT2D eigenvalue weighted by Crippen LogP contribution is 2.13. The Kier molecular flexibility index (Phi) is 7.68. The van der Waals surface area contributed by atoms with Gasteiger partial charge in [-0.15, -0.1) is 0 Å². The van der Waals surface area contributed by atoms with Crippen molar-refractivity contribution >= 4 is 11.9 Å². The minimum absolute atomic E-state index is 0.0949. The normalized spacial score (nSPS) is 12.3. The molecule has 4 heteroatoms. The Bertz CT molecular complexity index is 201. The van der Waals surface area contributed by atoms with Crippen LogP contribution in [-0.2, 0) is 9.59 Å². The zero-order valence-electron chi connectivity index (χ0n) is 9.16. The van der Waals surface area contributed by atoms with Gasteiger partial charge in [-0.1, -0.05) is 26.2 Å². The molecule has 0 bridgehead atoms. The summed E-state index contributed by atoms with van der Waals surface area (Å²) in [6.07, 6.45) is 4.45. The van der Waals surface area contributed by atoms with Crippen molar-refractivity contribution in [1.29, 1.82) is 0 Å². The SMILES string of the molecule is CCC(CCCCCCC(=O)[O-])C(=O)[O-]. The lowest BCUT2D eigenvalue weighted by Crippen LogP contribution is -2.30. The molecule has 0 saturated carbocycles. The molecule has 0 spiro atoms. The van der Waals surface area contributed by atoms with E-state index < -0.39 is 11.9 Å². The van der Waals surface area contributed by atoms with Crippen molar-refractivity contribution < 1.29 is 19.8 Å². The van der Waals surface area contributed by atoms with Gasteiger partial charge in [-0.05, 0) is 31.6 Å². The summed E-state index contributed by atoms with van der Waals surface area (Å²) in [4.78, 5) is 20.6. The van der Waals surface area contributed by atoms with Crippen LogP contribution in [0.3, 0.4) is 0 Å². The number of carboxylic acid groups (broad SMARTS) is 2. The topological polar surface area (TPSA) is 80.3 Å². The minimum Gasteiger partial charge on any atom is -0.550 e. The molecular formula is C11H18O4-2. The third kappa shape index (κ3) is 7.97. The molecule has 4 nitrogen and oxygen atoms in total. The summed E-state index contributed by atoms with van der Waals surface area (Å²) in [5.41, 5.74) is 0. The Labute approximate surface area is 90.3 Å². The number of aliphatic carboxylic acids is 2. The molecular weight excluding hydrogens is 196 g/mol. The number of unbranched alkanes of at least 4 members (excludes halogenated alkanes) is 3. The lowest BCUT2D eigenvalue weighted by Gasteiger charge is -2.15. The highest BCUT2D eigenvalue weighted by atomic mass is 16.4. The molecule has 1 atom stereocenters. The van der Waals surface area contributed by atoms with E-state index in [-0.39, 0.29) is 12.3 Å². The Morgan fingerprint density at radius 1 is 1.07 bits per heavy atom. The molecule has 88 valence electrons. The van der Waals surface area contributed by atoms with E-state index in [0.29, 0.717) is 19.3 Å². The van der Waals surface area contributed by atoms with Crippen molar-refractivity contribution in [3.8, 4) is 0 Å². The van der Waals surface area contributed by atoms with Gasteiger partial charge in [0.25, 0.3) is 0 Å². The lowest BCUT2D eigenvalue weighted by atomic mass is 9.98. The second kappa shape index (κ2) is 8.26. The third-order valence-corrected chi connectivity index (χ3v) is 2.51. The van der Waals surface area contributed by atoms with E-state index in [1.165, 1.54) is 0 Å². The molecule has 0 radical (unpaired) electrons. The first-order valence-electron chi connectivity index (χ1n) is 5.48. The first kappa shape index (κ1) is 13.9. The fraction of sp³-hybridized carbons (Fsp3) is 0.818. The first-order chi connectivity index (χ1) is 7.07. The lowest BCUT2D eigenvalue weighted by molar-refractivity contribution is -0.312. The molecule has 1 unspecified atom stereocenters. The number of hydrogen-bond acceptors (Lipinski definition) is 4. The van der Waals surface area contributed by atoms with Crippen molar-refractivity contribution in [2.24, 2.45) is 5.92 Å². The van der Waals surface area contributed by atoms with E-state index >= 15 is 0 Å². The maximum Gasteiger partial charge on any atom is 0.0445 e. The van der Waals surface area contributed by atoms with E-state index in [1.807, 2.05) is 6.92 Å². The summed E-state index contributed by atoms with van der Waals surface area (Å²) in [7, 11) is 0. The van der Waals surface area contributed by atoms with Gasteiger partial charge in [-0.2, -0.15) is 0 Å². The van der Waals surface area contributed by atoms with Crippen LogP contribution >= 0.6 is 0 Å². The Balaban J connectivity index is 3.37. The van der Waals surface area contributed by atoms with E-state index in [9.17, 15) is 19.8 Å². The fourth-order valence-corrected chi connectivity index (χ4v) is 1.50. The Morgan fingerprint density at radius 2 is 1.67 bits per heavy atom. The molecule has 15 heavy (non-hydrogen) atoms. The number of rotatable bonds is 9. The molecule has 0 rings (SSSR count). The molecule has 0 aliphatic rings. The quantitative estimate of drug-likeness (QED) is 0.500. The van der Waals surface area contributed by atoms with Crippen molar-refractivity contribution in [3.05, 3.63) is 0 Å². The summed E-state index contributed by atoms with van der Waals surface area (Å²) in [6, 6.07) is 0. The molecule has 0 N–H and O–H groups in total. The smallest absolute Gasteiger partial charge is 0.0445 e. The van der Waals surface area contributed by atoms with E-state index in [4.69, 9.17) is 0 Å². The van der Waals surface area contributed by atoms with Crippen LogP contribution in [0.1, 0.15) is 51.9 Å². The second-order valence-corrected chi connectivity index (χ2v) is 3.75. The van der Waals surface area contributed by atoms with Crippen molar-refractivity contribution in [2.75, 3.05) is 0 Å². The minimum atomic E-state index is -1.02. The molecule has 0 fully saturated rings. The Morgan fingerprint density at radius 3 is 2.13 bits per heavy atom. The van der Waals surface area contributed by atoms with Gasteiger partial charge in [-0.3, -0.25) is 0 Å². The van der Waals surface area contributed by atoms with Crippen LogP contribution in [0.2, 0.25) is 0 Å². The highest BCUT2D eigenvalue weighted by Gasteiger charge is 2.05. The zero-order chi connectivity index (χ0) is 11.7. The van der Waals surface area contributed by atoms with Crippen LogP contribution < -0.4 is 10.2 Å². The van der Waals surface area contributed by atoms with Crippen molar-refractivity contribution in [1.82, 2.24) is 0 Å². The van der Waals surface area contributed by atoms with Crippen molar-refractivity contribution in [2.45, 2.75) is 51.9 Å². The first-order valence-corrected chi connectivity index (χ1v) is 5.48. The van der Waals surface area contributed by atoms with Crippen LogP contribution in [0.4, 0.5) is 0 Å². The third-order valence-electron chi connectivity index (χ3n) is 2.51. The molecule has 0 aromatic heterocycles. The second-order valence-electron chi connectivity index (χ2n) is 3.75. The van der Waals surface area contributed by atoms with Gasteiger partial charge in [0.05, 0.1) is 0 Å². The predicted molar refractivity (Wildman–Crippen MR) is 51.5 cm³/mol. The summed E-state index contributed by atoms with van der Waals surface area (Å²) in [5, 5.41) is 20.6.